The zero-order valence-corrected chi connectivity index (χ0v) is 11.5. The summed E-state index contributed by atoms with van der Waals surface area (Å²) in [5.74, 6) is -0.340. The molecule has 4 nitrogen and oxygen atoms in total. The van der Waals surface area contributed by atoms with Gasteiger partial charge in [-0.2, -0.15) is 0 Å². The van der Waals surface area contributed by atoms with E-state index in [-0.39, 0.29) is 11.6 Å². The number of carbonyl (C=O) groups excluding carboxylic acids is 2. The minimum atomic E-state index is -0.426. The molecule has 0 spiro atoms. The number of hydrogen-bond acceptors (Lipinski definition) is 2. The first-order chi connectivity index (χ1) is 10.1. The molecule has 21 heavy (non-hydrogen) atoms. The van der Waals surface area contributed by atoms with Gasteiger partial charge < -0.3 is 5.32 Å². The van der Waals surface area contributed by atoms with Crippen LogP contribution in [0.3, 0.4) is 0 Å². The molecule has 0 bridgehead atoms. The fourth-order valence-electron chi connectivity index (χ4n) is 2.27. The fraction of sp³-hybridized carbons (Fsp3) is 0.0588. The van der Waals surface area contributed by atoms with Crippen molar-refractivity contribution in [3.05, 3.63) is 71.4 Å². The lowest BCUT2D eigenvalue weighted by Gasteiger charge is -2.10. The summed E-state index contributed by atoms with van der Waals surface area (Å²) in [5, 5.41) is 2.62. The lowest BCUT2D eigenvalue weighted by molar-refractivity contribution is -0.113. The van der Waals surface area contributed by atoms with Crippen molar-refractivity contribution in [1.29, 1.82) is 0 Å². The molecule has 0 saturated carbocycles. The Morgan fingerprint density at radius 1 is 1.00 bits per heavy atom. The number of aryl methyl sites for hydroxylation is 1. The Bertz CT molecular complexity index is 735. The van der Waals surface area contributed by atoms with Gasteiger partial charge in [0.2, 0.25) is 0 Å². The van der Waals surface area contributed by atoms with Crippen LogP contribution >= 0.6 is 0 Å². The smallest absolute Gasteiger partial charge is 0.302 e. The maximum absolute atomic E-state index is 12.4. The Balaban J connectivity index is 1.94. The van der Waals surface area contributed by atoms with Crippen LogP contribution in [0.15, 0.2) is 60.3 Å². The first-order valence-electron chi connectivity index (χ1n) is 6.64. The third-order valence-corrected chi connectivity index (χ3v) is 3.25. The van der Waals surface area contributed by atoms with E-state index in [1.54, 1.807) is 30.3 Å². The molecule has 0 radical (unpaired) electrons. The van der Waals surface area contributed by atoms with E-state index in [2.05, 4.69) is 5.32 Å². The molecule has 1 aliphatic rings. The SMILES string of the molecule is Cc1cccc(/C=C2/NC(=O)N(c3ccccc3)C2=O)c1. The highest BCUT2D eigenvalue weighted by atomic mass is 16.2. The lowest BCUT2D eigenvalue weighted by Crippen LogP contribution is -2.30. The van der Waals surface area contributed by atoms with Crippen molar-refractivity contribution in [2.24, 2.45) is 0 Å². The van der Waals surface area contributed by atoms with Crippen molar-refractivity contribution in [1.82, 2.24) is 5.32 Å². The van der Waals surface area contributed by atoms with E-state index >= 15 is 0 Å². The highest BCUT2D eigenvalue weighted by Gasteiger charge is 2.34. The molecule has 1 N–H and O–H groups in total. The molecule has 1 heterocycles. The summed E-state index contributed by atoms with van der Waals surface area (Å²) in [4.78, 5) is 25.5. The van der Waals surface area contributed by atoms with E-state index in [1.165, 1.54) is 0 Å². The number of nitrogens with one attached hydrogen (secondary N) is 1. The number of imide groups is 1. The number of anilines is 1. The first kappa shape index (κ1) is 13.1. The Morgan fingerprint density at radius 3 is 2.48 bits per heavy atom. The average Bonchev–Trinajstić information content (AvgIpc) is 2.74. The van der Waals surface area contributed by atoms with Crippen LogP contribution in [0.2, 0.25) is 0 Å². The first-order valence-corrected chi connectivity index (χ1v) is 6.64. The number of nitrogens with zero attached hydrogens (tertiary/aromatic N) is 1. The second-order valence-electron chi connectivity index (χ2n) is 4.88. The zero-order valence-electron chi connectivity index (χ0n) is 11.5. The Morgan fingerprint density at radius 2 is 1.76 bits per heavy atom. The molecule has 3 rings (SSSR count). The van der Waals surface area contributed by atoms with Crippen LogP contribution < -0.4 is 10.2 Å². The highest BCUT2D eigenvalue weighted by molar-refractivity contribution is 6.28. The van der Waals surface area contributed by atoms with E-state index in [4.69, 9.17) is 0 Å². The maximum Gasteiger partial charge on any atom is 0.333 e. The van der Waals surface area contributed by atoms with Crippen LogP contribution in [-0.2, 0) is 4.79 Å². The van der Waals surface area contributed by atoms with Gasteiger partial charge in [-0.3, -0.25) is 4.79 Å². The predicted molar refractivity (Wildman–Crippen MR) is 81.6 cm³/mol. The number of carbonyl (C=O) groups is 2. The van der Waals surface area contributed by atoms with Gasteiger partial charge in [0.1, 0.15) is 5.70 Å². The molecule has 3 amide bonds. The van der Waals surface area contributed by atoms with E-state index in [1.807, 2.05) is 37.3 Å². The van der Waals surface area contributed by atoms with Crippen molar-refractivity contribution >= 4 is 23.7 Å². The van der Waals surface area contributed by atoms with Gasteiger partial charge in [0.25, 0.3) is 5.91 Å². The summed E-state index contributed by atoms with van der Waals surface area (Å²) in [6.07, 6.45) is 1.69. The third-order valence-electron chi connectivity index (χ3n) is 3.25. The summed E-state index contributed by atoms with van der Waals surface area (Å²) in [6, 6.07) is 16.2. The standard InChI is InChI=1S/C17H14N2O2/c1-12-6-5-7-13(10-12)11-15-16(20)19(17(21)18-15)14-8-3-2-4-9-14/h2-11H,1H3,(H,18,21)/b15-11+. The maximum atomic E-state index is 12.4. The van der Waals surface area contributed by atoms with Crippen LogP contribution in [0.4, 0.5) is 10.5 Å². The largest absolute Gasteiger partial charge is 0.333 e. The Kier molecular flexibility index (Phi) is 3.28. The summed E-state index contributed by atoms with van der Waals surface area (Å²) < 4.78 is 0. The molecule has 104 valence electrons. The number of hydrogen-bond donors (Lipinski definition) is 1. The van der Waals surface area contributed by atoms with Gasteiger partial charge in [0, 0.05) is 0 Å². The minimum Gasteiger partial charge on any atom is -0.302 e. The van der Waals surface area contributed by atoms with Gasteiger partial charge >= 0.3 is 6.03 Å². The lowest BCUT2D eigenvalue weighted by atomic mass is 10.1. The van der Waals surface area contributed by atoms with Gasteiger partial charge in [-0.15, -0.1) is 0 Å². The number of para-hydroxylation sites is 1. The Labute approximate surface area is 122 Å². The number of benzene rings is 2. The summed E-state index contributed by atoms with van der Waals surface area (Å²) in [7, 11) is 0. The number of urea groups is 1. The van der Waals surface area contributed by atoms with Crippen LogP contribution in [0.1, 0.15) is 11.1 Å². The van der Waals surface area contributed by atoms with Crippen molar-refractivity contribution in [2.45, 2.75) is 6.92 Å². The predicted octanol–water partition coefficient (Wildman–Crippen LogP) is 3.09. The average molecular weight is 278 g/mol. The summed E-state index contributed by atoms with van der Waals surface area (Å²) >= 11 is 0. The molecule has 0 atom stereocenters. The molecular formula is C17H14N2O2. The van der Waals surface area contributed by atoms with Crippen molar-refractivity contribution in [3.8, 4) is 0 Å². The van der Waals surface area contributed by atoms with Crippen molar-refractivity contribution < 1.29 is 9.59 Å². The number of amides is 3. The molecule has 2 aromatic rings. The van der Waals surface area contributed by atoms with Crippen LogP contribution in [0.25, 0.3) is 6.08 Å². The van der Waals surface area contributed by atoms with Gasteiger partial charge in [-0.25, -0.2) is 9.69 Å². The van der Waals surface area contributed by atoms with Crippen LogP contribution in [0, 0.1) is 6.92 Å². The van der Waals surface area contributed by atoms with E-state index in [0.29, 0.717) is 5.69 Å². The van der Waals surface area contributed by atoms with E-state index in [9.17, 15) is 9.59 Å². The van der Waals surface area contributed by atoms with Gasteiger partial charge in [0.15, 0.2) is 0 Å². The van der Waals surface area contributed by atoms with Crippen LogP contribution in [-0.4, -0.2) is 11.9 Å². The molecule has 4 heteroatoms. The topological polar surface area (TPSA) is 49.4 Å². The molecule has 2 aromatic carbocycles. The molecular weight excluding hydrogens is 264 g/mol. The number of rotatable bonds is 2. The second-order valence-corrected chi connectivity index (χ2v) is 4.88. The quantitative estimate of drug-likeness (QED) is 0.678. The third kappa shape index (κ3) is 2.56. The summed E-state index contributed by atoms with van der Waals surface area (Å²) in [6.45, 7) is 1.98. The Hall–Kier alpha value is -2.88. The van der Waals surface area contributed by atoms with Crippen LogP contribution in [0.5, 0.6) is 0 Å². The monoisotopic (exact) mass is 278 g/mol. The minimum absolute atomic E-state index is 0.287. The highest BCUT2D eigenvalue weighted by Crippen LogP contribution is 2.21. The van der Waals surface area contributed by atoms with Crippen molar-refractivity contribution in [3.63, 3.8) is 0 Å². The molecule has 0 aliphatic carbocycles. The van der Waals surface area contributed by atoms with Crippen molar-refractivity contribution in [2.75, 3.05) is 4.90 Å². The summed E-state index contributed by atoms with van der Waals surface area (Å²) in [5.41, 5.74) is 2.83. The molecule has 1 saturated heterocycles. The zero-order chi connectivity index (χ0) is 14.8. The molecule has 1 fully saturated rings. The van der Waals surface area contributed by atoms with Gasteiger partial charge in [-0.05, 0) is 30.7 Å². The van der Waals surface area contributed by atoms with E-state index < -0.39 is 6.03 Å². The van der Waals surface area contributed by atoms with Gasteiger partial charge in [0.05, 0.1) is 5.69 Å². The second kappa shape index (κ2) is 5.25. The molecule has 0 unspecified atom stereocenters. The fourth-order valence-corrected chi connectivity index (χ4v) is 2.27. The van der Waals surface area contributed by atoms with Gasteiger partial charge in [-0.1, -0.05) is 48.0 Å². The molecule has 1 aliphatic heterocycles. The normalized spacial score (nSPS) is 16.4. The van der Waals surface area contributed by atoms with E-state index in [0.717, 1.165) is 16.0 Å². The molecule has 0 aromatic heterocycles.